The van der Waals surface area contributed by atoms with E-state index < -0.39 is 0 Å². The highest BCUT2D eigenvalue weighted by atomic mass is 32.2. The second-order valence-corrected chi connectivity index (χ2v) is 6.67. The number of carbonyl (C=O) groups excluding carboxylic acids is 1. The molecule has 6 nitrogen and oxygen atoms in total. The van der Waals surface area contributed by atoms with Crippen molar-refractivity contribution in [3.8, 4) is 0 Å². The van der Waals surface area contributed by atoms with Gasteiger partial charge in [0.05, 0.1) is 5.75 Å². The van der Waals surface area contributed by atoms with E-state index in [1.165, 1.54) is 23.5 Å². The highest BCUT2D eigenvalue weighted by molar-refractivity contribution is 7.99. The van der Waals surface area contributed by atoms with E-state index in [0.29, 0.717) is 10.9 Å². The third kappa shape index (κ3) is 5.35. The Morgan fingerprint density at radius 1 is 1.24 bits per heavy atom. The van der Waals surface area contributed by atoms with Crippen LogP contribution in [0.3, 0.4) is 0 Å². The van der Waals surface area contributed by atoms with Gasteiger partial charge in [-0.25, -0.2) is 4.98 Å². The summed E-state index contributed by atoms with van der Waals surface area (Å²) < 4.78 is 0. The molecule has 7 heteroatoms. The van der Waals surface area contributed by atoms with Crippen LogP contribution in [-0.4, -0.2) is 34.7 Å². The predicted octanol–water partition coefficient (Wildman–Crippen LogP) is 2.96. The number of aryl methyl sites for hydroxylation is 2. The number of nitrogens with zero attached hydrogens (tertiary/aromatic N) is 2. The normalized spacial score (nSPS) is 10.6. The molecule has 25 heavy (non-hydrogen) atoms. The number of carbonyl (C=O) groups is 1. The number of thioether (sulfide) groups is 1. The molecule has 0 aliphatic carbocycles. The summed E-state index contributed by atoms with van der Waals surface area (Å²) in [6.45, 7) is 9.93. The molecule has 0 aliphatic heterocycles. The zero-order chi connectivity index (χ0) is 18.4. The maximum Gasteiger partial charge on any atom is 0.251 e. The minimum atomic E-state index is -0.210. The number of nitrogens with one attached hydrogen (secondary N) is 2. The van der Waals surface area contributed by atoms with Crippen molar-refractivity contribution in [2.24, 2.45) is 0 Å². The molecule has 2 aromatic rings. The summed E-state index contributed by atoms with van der Waals surface area (Å²) in [7, 11) is 0. The number of hydrogen-bond donors (Lipinski definition) is 2. The molecule has 0 spiro atoms. The Kier molecular flexibility index (Phi) is 6.64. The van der Waals surface area contributed by atoms with Gasteiger partial charge in [0.1, 0.15) is 0 Å². The van der Waals surface area contributed by atoms with Crippen molar-refractivity contribution in [1.29, 1.82) is 0 Å². The van der Waals surface area contributed by atoms with Crippen molar-refractivity contribution in [2.45, 2.75) is 32.9 Å². The first-order valence-corrected chi connectivity index (χ1v) is 9.27. The number of benzene rings is 1. The van der Waals surface area contributed by atoms with Crippen LogP contribution < -0.4 is 15.8 Å². The van der Waals surface area contributed by atoms with Crippen LogP contribution in [0.1, 0.15) is 25.1 Å². The molecule has 1 aromatic heterocycles. The van der Waals surface area contributed by atoms with Crippen molar-refractivity contribution in [1.82, 2.24) is 9.97 Å². The minimum Gasteiger partial charge on any atom is -0.372 e. The first-order valence-electron chi connectivity index (χ1n) is 8.29. The molecule has 1 aromatic carbocycles. The molecule has 0 fully saturated rings. The van der Waals surface area contributed by atoms with Gasteiger partial charge < -0.3 is 15.2 Å². The molecular weight excluding hydrogens is 336 g/mol. The second kappa shape index (κ2) is 8.71. The lowest BCUT2D eigenvalue weighted by atomic mass is 10.1. The summed E-state index contributed by atoms with van der Waals surface area (Å²) in [6, 6.07) is 7.34. The van der Waals surface area contributed by atoms with E-state index in [4.69, 9.17) is 0 Å². The lowest BCUT2D eigenvalue weighted by Gasteiger charge is -2.23. The number of H-pyrrole nitrogens is 1. The van der Waals surface area contributed by atoms with Gasteiger partial charge in [-0.3, -0.25) is 9.59 Å². The second-order valence-electron chi connectivity index (χ2n) is 5.70. The molecular formula is C18H24N4O2S. The Morgan fingerprint density at radius 3 is 2.56 bits per heavy atom. The fraction of sp³-hybridized carbons (Fsp3) is 0.389. The predicted molar refractivity (Wildman–Crippen MR) is 104 cm³/mol. The summed E-state index contributed by atoms with van der Waals surface area (Å²) in [4.78, 5) is 32.6. The van der Waals surface area contributed by atoms with Gasteiger partial charge in [-0.05, 0) is 51.5 Å². The zero-order valence-electron chi connectivity index (χ0n) is 15.0. The van der Waals surface area contributed by atoms with Gasteiger partial charge in [-0.1, -0.05) is 11.8 Å². The fourth-order valence-electron chi connectivity index (χ4n) is 2.60. The number of rotatable bonds is 7. The van der Waals surface area contributed by atoms with Crippen molar-refractivity contribution in [3.63, 3.8) is 0 Å². The van der Waals surface area contributed by atoms with E-state index in [0.717, 1.165) is 24.3 Å². The lowest BCUT2D eigenvalue weighted by molar-refractivity contribution is -0.113. The van der Waals surface area contributed by atoms with Crippen LogP contribution in [0.4, 0.5) is 11.4 Å². The monoisotopic (exact) mass is 360 g/mol. The van der Waals surface area contributed by atoms with E-state index in [2.05, 4.69) is 34.0 Å². The molecule has 0 unspecified atom stereocenters. The molecule has 0 aliphatic rings. The Labute approximate surface area is 152 Å². The third-order valence-corrected chi connectivity index (χ3v) is 4.65. The molecule has 0 radical (unpaired) electrons. The van der Waals surface area contributed by atoms with Crippen LogP contribution in [-0.2, 0) is 4.79 Å². The molecule has 1 amide bonds. The standard InChI is InChI=1S/C18H24N4O2S/c1-5-22(6-2)15-8-7-14(9-12(15)3)20-17(24)11-25-18-19-13(4)10-16(23)21-18/h7-10H,5-6,11H2,1-4H3,(H,20,24)(H,19,21,23). The van der Waals surface area contributed by atoms with Gasteiger partial charge in [0.25, 0.3) is 5.56 Å². The van der Waals surface area contributed by atoms with Gasteiger partial charge in [-0.15, -0.1) is 0 Å². The van der Waals surface area contributed by atoms with E-state index in [9.17, 15) is 9.59 Å². The van der Waals surface area contributed by atoms with Crippen molar-refractivity contribution < 1.29 is 4.79 Å². The van der Waals surface area contributed by atoms with Crippen molar-refractivity contribution in [3.05, 3.63) is 45.9 Å². The molecule has 0 saturated carbocycles. The Bertz CT molecular complexity index is 800. The quantitative estimate of drug-likeness (QED) is 0.586. The topological polar surface area (TPSA) is 78.1 Å². The first-order chi connectivity index (χ1) is 11.9. The molecule has 134 valence electrons. The number of anilines is 2. The minimum absolute atomic E-state index is 0.135. The largest absolute Gasteiger partial charge is 0.372 e. The van der Waals surface area contributed by atoms with Crippen LogP contribution in [0.25, 0.3) is 0 Å². The van der Waals surface area contributed by atoms with Gasteiger partial charge in [0.2, 0.25) is 5.91 Å². The third-order valence-electron chi connectivity index (χ3n) is 3.77. The fourth-order valence-corrected chi connectivity index (χ4v) is 3.32. The summed E-state index contributed by atoms with van der Waals surface area (Å²) >= 11 is 1.21. The average Bonchev–Trinajstić information content (AvgIpc) is 2.55. The highest BCUT2D eigenvalue weighted by Crippen LogP contribution is 2.23. The summed E-state index contributed by atoms with van der Waals surface area (Å²) in [5.41, 5.74) is 3.50. The Balaban J connectivity index is 1.98. The Hall–Kier alpha value is -2.28. The molecule has 0 saturated heterocycles. The zero-order valence-corrected chi connectivity index (χ0v) is 15.9. The molecule has 2 rings (SSSR count). The summed E-state index contributed by atoms with van der Waals surface area (Å²) in [5.74, 6) is 0.0487. The van der Waals surface area contributed by atoms with Crippen LogP contribution >= 0.6 is 11.8 Å². The van der Waals surface area contributed by atoms with Gasteiger partial charge in [-0.2, -0.15) is 0 Å². The van der Waals surface area contributed by atoms with Crippen LogP contribution in [0, 0.1) is 13.8 Å². The molecule has 1 heterocycles. The maximum absolute atomic E-state index is 12.1. The van der Waals surface area contributed by atoms with E-state index >= 15 is 0 Å². The average molecular weight is 360 g/mol. The van der Waals surface area contributed by atoms with E-state index in [-0.39, 0.29) is 17.2 Å². The summed E-state index contributed by atoms with van der Waals surface area (Å²) in [5, 5.41) is 3.34. The van der Waals surface area contributed by atoms with Gasteiger partial charge in [0, 0.05) is 36.2 Å². The maximum atomic E-state index is 12.1. The number of aromatic nitrogens is 2. The van der Waals surface area contributed by atoms with Crippen molar-refractivity contribution in [2.75, 3.05) is 29.1 Å². The molecule has 2 N–H and O–H groups in total. The van der Waals surface area contributed by atoms with E-state index in [1.54, 1.807) is 6.92 Å². The molecule has 0 atom stereocenters. The summed E-state index contributed by atoms with van der Waals surface area (Å²) in [6.07, 6.45) is 0. The Morgan fingerprint density at radius 2 is 1.96 bits per heavy atom. The van der Waals surface area contributed by atoms with Crippen LogP contribution in [0.2, 0.25) is 0 Å². The SMILES string of the molecule is CCN(CC)c1ccc(NC(=O)CSc2nc(C)cc(=O)[nH]2)cc1C. The smallest absolute Gasteiger partial charge is 0.251 e. The van der Waals surface area contributed by atoms with E-state index in [1.807, 2.05) is 25.1 Å². The first kappa shape index (κ1) is 19.1. The lowest BCUT2D eigenvalue weighted by Crippen LogP contribution is -2.22. The van der Waals surface area contributed by atoms with Gasteiger partial charge in [0.15, 0.2) is 5.16 Å². The highest BCUT2D eigenvalue weighted by Gasteiger charge is 2.09. The number of hydrogen-bond acceptors (Lipinski definition) is 5. The molecule has 0 bridgehead atoms. The van der Waals surface area contributed by atoms with Gasteiger partial charge >= 0.3 is 0 Å². The number of aromatic amines is 1. The number of amides is 1. The van der Waals surface area contributed by atoms with Crippen molar-refractivity contribution >= 4 is 29.0 Å². The van der Waals surface area contributed by atoms with Crippen LogP contribution in [0.15, 0.2) is 34.2 Å². The van der Waals surface area contributed by atoms with Crippen LogP contribution in [0.5, 0.6) is 0 Å².